The fourth-order valence-electron chi connectivity index (χ4n) is 2.14. The molecule has 3 aromatic rings. The van der Waals surface area contributed by atoms with Crippen molar-refractivity contribution in [3.63, 3.8) is 0 Å². The van der Waals surface area contributed by atoms with Crippen LogP contribution in [0.25, 0.3) is 11.0 Å². The second-order valence-corrected chi connectivity index (χ2v) is 6.19. The molecule has 3 aromatic heterocycles. The SMILES string of the molecule is CCNc1nc(NC(C)c2ccc(C)s2)c2cn[nH]c2n1. The van der Waals surface area contributed by atoms with E-state index in [9.17, 15) is 0 Å². The predicted octanol–water partition coefficient (Wildman–Crippen LogP) is 3.33. The maximum atomic E-state index is 4.55. The minimum absolute atomic E-state index is 0.186. The van der Waals surface area contributed by atoms with E-state index in [1.54, 1.807) is 17.5 Å². The first-order chi connectivity index (χ1) is 10.2. The molecular weight excluding hydrogens is 284 g/mol. The fraction of sp³-hybridized carbons (Fsp3) is 0.357. The molecule has 0 saturated heterocycles. The van der Waals surface area contributed by atoms with Crippen LogP contribution in [-0.4, -0.2) is 26.7 Å². The number of aromatic amines is 1. The number of aryl methyl sites for hydroxylation is 1. The van der Waals surface area contributed by atoms with Crippen molar-refractivity contribution in [2.24, 2.45) is 0 Å². The molecule has 6 nitrogen and oxygen atoms in total. The number of nitrogens with one attached hydrogen (secondary N) is 3. The molecule has 0 aliphatic carbocycles. The van der Waals surface area contributed by atoms with Gasteiger partial charge in [-0.2, -0.15) is 15.1 Å². The molecule has 0 aliphatic heterocycles. The monoisotopic (exact) mass is 302 g/mol. The molecule has 0 spiro atoms. The number of rotatable bonds is 5. The average Bonchev–Trinajstić information content (AvgIpc) is 3.07. The molecule has 0 fully saturated rings. The summed E-state index contributed by atoms with van der Waals surface area (Å²) < 4.78 is 0. The van der Waals surface area contributed by atoms with Gasteiger partial charge in [-0.3, -0.25) is 5.10 Å². The lowest BCUT2D eigenvalue weighted by atomic mass is 10.2. The summed E-state index contributed by atoms with van der Waals surface area (Å²) in [5.41, 5.74) is 0.734. The number of H-pyrrole nitrogens is 1. The van der Waals surface area contributed by atoms with Gasteiger partial charge >= 0.3 is 0 Å². The number of aromatic nitrogens is 4. The first-order valence-corrected chi connectivity index (χ1v) is 7.77. The van der Waals surface area contributed by atoms with E-state index in [4.69, 9.17) is 0 Å². The van der Waals surface area contributed by atoms with Gasteiger partial charge in [0.15, 0.2) is 5.65 Å². The molecule has 0 saturated carbocycles. The lowest BCUT2D eigenvalue weighted by Gasteiger charge is -2.14. The van der Waals surface area contributed by atoms with Crippen molar-refractivity contribution in [2.75, 3.05) is 17.2 Å². The molecule has 1 atom stereocenters. The van der Waals surface area contributed by atoms with Crippen molar-refractivity contribution in [1.82, 2.24) is 20.2 Å². The standard InChI is InChI=1S/C14H18N6S/c1-4-15-14-18-12(10-7-16-20-13(10)19-14)17-9(3)11-6-5-8(2)21-11/h5-7,9H,4H2,1-3H3,(H3,15,16,17,18,19,20). The lowest BCUT2D eigenvalue weighted by molar-refractivity contribution is 0.897. The fourth-order valence-corrected chi connectivity index (χ4v) is 3.02. The van der Waals surface area contributed by atoms with Gasteiger partial charge in [0.2, 0.25) is 5.95 Å². The topological polar surface area (TPSA) is 78.5 Å². The van der Waals surface area contributed by atoms with Crippen LogP contribution in [0, 0.1) is 6.92 Å². The van der Waals surface area contributed by atoms with Crippen LogP contribution in [0.3, 0.4) is 0 Å². The van der Waals surface area contributed by atoms with Crippen molar-refractivity contribution in [3.8, 4) is 0 Å². The molecule has 0 radical (unpaired) electrons. The number of hydrogen-bond acceptors (Lipinski definition) is 6. The summed E-state index contributed by atoms with van der Waals surface area (Å²) in [6, 6.07) is 4.47. The van der Waals surface area contributed by atoms with Crippen LogP contribution >= 0.6 is 11.3 Å². The lowest BCUT2D eigenvalue weighted by Crippen LogP contribution is -2.09. The number of nitrogens with zero attached hydrogens (tertiary/aromatic N) is 3. The van der Waals surface area contributed by atoms with Crippen LogP contribution in [0.4, 0.5) is 11.8 Å². The van der Waals surface area contributed by atoms with Crippen molar-refractivity contribution in [3.05, 3.63) is 28.1 Å². The smallest absolute Gasteiger partial charge is 0.226 e. The summed E-state index contributed by atoms with van der Waals surface area (Å²) in [4.78, 5) is 11.5. The maximum Gasteiger partial charge on any atom is 0.226 e. The molecule has 110 valence electrons. The summed E-state index contributed by atoms with van der Waals surface area (Å²) in [6.07, 6.45) is 1.75. The van der Waals surface area contributed by atoms with Crippen LogP contribution < -0.4 is 10.6 Å². The van der Waals surface area contributed by atoms with E-state index in [1.807, 2.05) is 6.92 Å². The number of anilines is 2. The van der Waals surface area contributed by atoms with E-state index >= 15 is 0 Å². The Balaban J connectivity index is 1.93. The van der Waals surface area contributed by atoms with Gasteiger partial charge in [-0.15, -0.1) is 11.3 Å². The van der Waals surface area contributed by atoms with Gasteiger partial charge in [0.25, 0.3) is 0 Å². The molecule has 3 heterocycles. The zero-order chi connectivity index (χ0) is 14.8. The quantitative estimate of drug-likeness (QED) is 0.674. The van der Waals surface area contributed by atoms with Gasteiger partial charge in [0.1, 0.15) is 5.82 Å². The third-order valence-electron chi connectivity index (χ3n) is 3.19. The third-order valence-corrected chi connectivity index (χ3v) is 4.37. The Bertz CT molecular complexity index is 747. The zero-order valence-electron chi connectivity index (χ0n) is 12.3. The van der Waals surface area contributed by atoms with Gasteiger partial charge in [-0.1, -0.05) is 0 Å². The van der Waals surface area contributed by atoms with Crippen LogP contribution in [-0.2, 0) is 0 Å². The molecule has 0 aliphatic rings. The molecule has 21 heavy (non-hydrogen) atoms. The second-order valence-electron chi connectivity index (χ2n) is 4.87. The Morgan fingerprint density at radius 3 is 2.90 bits per heavy atom. The van der Waals surface area contributed by atoms with Crippen LogP contribution in [0.15, 0.2) is 18.3 Å². The van der Waals surface area contributed by atoms with Gasteiger partial charge in [-0.25, -0.2) is 0 Å². The molecule has 3 rings (SSSR count). The molecule has 0 aromatic carbocycles. The Morgan fingerprint density at radius 1 is 1.33 bits per heavy atom. The van der Waals surface area contributed by atoms with Gasteiger partial charge in [0.05, 0.1) is 17.6 Å². The molecular formula is C14H18N6S. The van der Waals surface area contributed by atoms with Gasteiger partial charge in [-0.05, 0) is 32.9 Å². The highest BCUT2D eigenvalue weighted by atomic mass is 32.1. The van der Waals surface area contributed by atoms with Gasteiger partial charge in [0, 0.05) is 16.3 Å². The first kappa shape index (κ1) is 13.8. The Labute approximate surface area is 127 Å². The third kappa shape index (κ3) is 2.82. The summed E-state index contributed by atoms with van der Waals surface area (Å²) in [5, 5.41) is 14.5. The number of hydrogen-bond donors (Lipinski definition) is 3. The van der Waals surface area contributed by atoms with Crippen molar-refractivity contribution in [1.29, 1.82) is 0 Å². The molecule has 7 heteroatoms. The molecule has 0 amide bonds. The Kier molecular flexibility index (Phi) is 3.74. The van der Waals surface area contributed by atoms with E-state index in [0.29, 0.717) is 5.95 Å². The minimum atomic E-state index is 0.186. The minimum Gasteiger partial charge on any atom is -0.362 e. The first-order valence-electron chi connectivity index (χ1n) is 6.95. The highest BCUT2D eigenvalue weighted by Crippen LogP contribution is 2.28. The summed E-state index contributed by atoms with van der Waals surface area (Å²) >= 11 is 1.79. The summed E-state index contributed by atoms with van der Waals surface area (Å²) in [6.45, 7) is 7.04. The van der Waals surface area contributed by atoms with Crippen LogP contribution in [0.2, 0.25) is 0 Å². The predicted molar refractivity (Wildman–Crippen MR) is 86.9 cm³/mol. The van der Waals surface area contributed by atoms with E-state index in [-0.39, 0.29) is 6.04 Å². The highest BCUT2D eigenvalue weighted by Gasteiger charge is 2.13. The van der Waals surface area contributed by atoms with E-state index in [1.165, 1.54) is 9.75 Å². The van der Waals surface area contributed by atoms with E-state index in [2.05, 4.69) is 56.8 Å². The van der Waals surface area contributed by atoms with E-state index in [0.717, 1.165) is 23.4 Å². The maximum absolute atomic E-state index is 4.55. The summed E-state index contributed by atoms with van der Waals surface area (Å²) in [5.74, 6) is 1.40. The molecule has 1 unspecified atom stereocenters. The molecule has 0 bridgehead atoms. The zero-order valence-corrected chi connectivity index (χ0v) is 13.1. The van der Waals surface area contributed by atoms with Crippen LogP contribution in [0.5, 0.6) is 0 Å². The van der Waals surface area contributed by atoms with Crippen molar-refractivity contribution in [2.45, 2.75) is 26.8 Å². The Hall–Kier alpha value is -2.15. The number of thiophene rings is 1. The molecule has 3 N–H and O–H groups in total. The van der Waals surface area contributed by atoms with Crippen molar-refractivity contribution >= 4 is 34.1 Å². The highest BCUT2D eigenvalue weighted by molar-refractivity contribution is 7.12. The summed E-state index contributed by atoms with van der Waals surface area (Å²) in [7, 11) is 0. The van der Waals surface area contributed by atoms with Gasteiger partial charge < -0.3 is 10.6 Å². The number of fused-ring (bicyclic) bond motifs is 1. The Morgan fingerprint density at radius 2 is 2.19 bits per heavy atom. The average molecular weight is 302 g/mol. The van der Waals surface area contributed by atoms with Crippen molar-refractivity contribution < 1.29 is 0 Å². The van der Waals surface area contributed by atoms with E-state index < -0.39 is 0 Å². The normalized spacial score (nSPS) is 12.5. The second kappa shape index (κ2) is 5.69. The largest absolute Gasteiger partial charge is 0.362 e. The van der Waals surface area contributed by atoms with Crippen LogP contribution in [0.1, 0.15) is 29.6 Å².